The average molecular weight is 289 g/mol. The number of fused-ring (bicyclic) bond motifs is 1. The van der Waals surface area contributed by atoms with Crippen LogP contribution >= 0.6 is 11.8 Å². The van der Waals surface area contributed by atoms with E-state index in [-0.39, 0.29) is 11.7 Å². The maximum atomic E-state index is 12.6. The van der Waals surface area contributed by atoms with Crippen molar-refractivity contribution >= 4 is 29.1 Å². The molecule has 1 heterocycles. The number of carbonyl (C=O) groups is 2. The Labute approximate surface area is 123 Å². The van der Waals surface area contributed by atoms with Gasteiger partial charge in [0.2, 0.25) is 5.91 Å². The Kier molecular flexibility index (Phi) is 3.83. The van der Waals surface area contributed by atoms with Gasteiger partial charge in [-0.15, -0.1) is 11.8 Å². The van der Waals surface area contributed by atoms with Crippen molar-refractivity contribution in [3.8, 4) is 0 Å². The second-order valence-electron chi connectivity index (χ2n) is 5.55. The zero-order chi connectivity index (χ0) is 14.1. The SMILES string of the molecule is CN1C(=O)C(SC2CCCCC2)C(=O)c2ccccc21. The number of ketones is 1. The van der Waals surface area contributed by atoms with Crippen LogP contribution in [0.4, 0.5) is 5.69 Å². The van der Waals surface area contributed by atoms with Gasteiger partial charge in [0.05, 0.1) is 5.69 Å². The third-order valence-electron chi connectivity index (χ3n) is 4.20. The number of amides is 1. The maximum absolute atomic E-state index is 12.6. The molecule has 20 heavy (non-hydrogen) atoms. The van der Waals surface area contributed by atoms with Crippen molar-refractivity contribution in [1.82, 2.24) is 0 Å². The van der Waals surface area contributed by atoms with E-state index in [2.05, 4.69) is 0 Å². The fraction of sp³-hybridized carbons (Fsp3) is 0.500. The molecule has 0 aromatic heterocycles. The average Bonchev–Trinajstić information content (AvgIpc) is 2.50. The molecule has 0 radical (unpaired) electrons. The predicted molar refractivity (Wildman–Crippen MR) is 82.4 cm³/mol. The fourth-order valence-electron chi connectivity index (χ4n) is 3.04. The van der Waals surface area contributed by atoms with Crippen molar-refractivity contribution in [2.45, 2.75) is 42.6 Å². The Morgan fingerprint density at radius 2 is 1.80 bits per heavy atom. The molecule has 0 spiro atoms. The van der Waals surface area contributed by atoms with Crippen LogP contribution in [0.3, 0.4) is 0 Å². The van der Waals surface area contributed by atoms with Crippen molar-refractivity contribution < 1.29 is 9.59 Å². The molecule has 1 aromatic rings. The number of benzene rings is 1. The third kappa shape index (κ3) is 2.37. The Morgan fingerprint density at radius 1 is 1.10 bits per heavy atom. The first-order chi connectivity index (χ1) is 9.68. The minimum absolute atomic E-state index is 0.0146. The Balaban J connectivity index is 1.85. The number of nitrogens with zero attached hydrogens (tertiary/aromatic N) is 1. The molecule has 1 amide bonds. The normalized spacial score (nSPS) is 23.9. The van der Waals surface area contributed by atoms with Crippen molar-refractivity contribution in [1.29, 1.82) is 0 Å². The summed E-state index contributed by atoms with van der Waals surface area (Å²) in [5.74, 6) is -0.0800. The van der Waals surface area contributed by atoms with Crippen molar-refractivity contribution in [2.24, 2.45) is 0 Å². The van der Waals surface area contributed by atoms with Crippen LogP contribution in [-0.2, 0) is 4.79 Å². The molecule has 1 fully saturated rings. The van der Waals surface area contributed by atoms with Crippen LogP contribution in [0, 0.1) is 0 Å². The van der Waals surface area contributed by atoms with Gasteiger partial charge in [0, 0.05) is 17.9 Å². The van der Waals surface area contributed by atoms with Gasteiger partial charge in [0.25, 0.3) is 0 Å². The van der Waals surface area contributed by atoms with E-state index in [0.717, 1.165) is 18.5 Å². The Bertz CT molecular complexity index is 537. The number of hydrogen-bond donors (Lipinski definition) is 0. The molecule has 1 atom stereocenters. The monoisotopic (exact) mass is 289 g/mol. The van der Waals surface area contributed by atoms with Crippen LogP contribution in [0.1, 0.15) is 42.5 Å². The molecule has 0 saturated heterocycles. The summed E-state index contributed by atoms with van der Waals surface area (Å²) >= 11 is 1.58. The topological polar surface area (TPSA) is 37.4 Å². The lowest BCUT2D eigenvalue weighted by Gasteiger charge is -2.32. The number of carbonyl (C=O) groups excluding carboxylic acids is 2. The van der Waals surface area contributed by atoms with E-state index in [1.54, 1.807) is 23.7 Å². The summed E-state index contributed by atoms with van der Waals surface area (Å²) in [6.07, 6.45) is 5.99. The van der Waals surface area contributed by atoms with E-state index in [0.29, 0.717) is 10.8 Å². The second kappa shape index (κ2) is 5.60. The van der Waals surface area contributed by atoms with Gasteiger partial charge in [0.15, 0.2) is 5.78 Å². The highest BCUT2D eigenvalue weighted by atomic mass is 32.2. The van der Waals surface area contributed by atoms with Crippen LogP contribution < -0.4 is 4.90 Å². The van der Waals surface area contributed by atoms with Crippen LogP contribution in [0.15, 0.2) is 24.3 Å². The van der Waals surface area contributed by atoms with E-state index >= 15 is 0 Å². The van der Waals surface area contributed by atoms with E-state index in [1.165, 1.54) is 19.3 Å². The molecule has 1 saturated carbocycles. The summed E-state index contributed by atoms with van der Waals surface area (Å²) in [5, 5.41) is -0.0849. The summed E-state index contributed by atoms with van der Waals surface area (Å²) in [5.41, 5.74) is 1.42. The molecule has 1 aliphatic heterocycles. The van der Waals surface area contributed by atoms with Gasteiger partial charge >= 0.3 is 0 Å². The first-order valence-corrected chi connectivity index (χ1v) is 8.19. The smallest absolute Gasteiger partial charge is 0.247 e. The lowest BCUT2D eigenvalue weighted by molar-refractivity contribution is -0.117. The number of rotatable bonds is 2. The quantitative estimate of drug-likeness (QED) is 0.784. The minimum atomic E-state index is -0.544. The van der Waals surface area contributed by atoms with Crippen LogP contribution in [0.5, 0.6) is 0 Å². The number of hydrogen-bond acceptors (Lipinski definition) is 3. The van der Waals surface area contributed by atoms with Gasteiger partial charge < -0.3 is 4.90 Å². The largest absolute Gasteiger partial charge is 0.313 e. The van der Waals surface area contributed by atoms with Crippen LogP contribution in [-0.4, -0.2) is 29.2 Å². The highest BCUT2D eigenvalue weighted by molar-refractivity contribution is 8.02. The molecular weight excluding hydrogens is 270 g/mol. The van der Waals surface area contributed by atoms with Crippen molar-refractivity contribution in [3.63, 3.8) is 0 Å². The highest BCUT2D eigenvalue weighted by Crippen LogP contribution is 2.37. The molecule has 2 aliphatic rings. The number of anilines is 1. The molecule has 106 valence electrons. The highest BCUT2D eigenvalue weighted by Gasteiger charge is 2.39. The molecule has 0 bridgehead atoms. The fourth-order valence-corrected chi connectivity index (χ4v) is 4.55. The summed E-state index contributed by atoms with van der Waals surface area (Å²) in [4.78, 5) is 26.7. The van der Waals surface area contributed by atoms with Crippen molar-refractivity contribution in [3.05, 3.63) is 29.8 Å². The molecule has 1 unspecified atom stereocenters. The van der Waals surface area contributed by atoms with E-state index in [9.17, 15) is 9.59 Å². The molecule has 1 aromatic carbocycles. The zero-order valence-electron chi connectivity index (χ0n) is 11.7. The molecule has 1 aliphatic carbocycles. The summed E-state index contributed by atoms with van der Waals surface area (Å²) in [6.45, 7) is 0. The first kappa shape index (κ1) is 13.7. The molecule has 3 rings (SSSR count). The first-order valence-electron chi connectivity index (χ1n) is 7.25. The van der Waals surface area contributed by atoms with Gasteiger partial charge in [-0.25, -0.2) is 0 Å². The standard InChI is InChI=1S/C16H19NO2S/c1-17-13-10-6-5-9-12(13)14(18)15(16(17)19)20-11-7-3-2-4-8-11/h5-6,9-11,15H,2-4,7-8H2,1H3. The van der Waals surface area contributed by atoms with Crippen LogP contribution in [0.25, 0.3) is 0 Å². The molecule has 0 N–H and O–H groups in total. The van der Waals surface area contributed by atoms with Gasteiger partial charge in [-0.05, 0) is 25.0 Å². The van der Waals surface area contributed by atoms with Crippen LogP contribution in [0.2, 0.25) is 0 Å². The zero-order valence-corrected chi connectivity index (χ0v) is 12.5. The second-order valence-corrected chi connectivity index (χ2v) is 6.97. The number of para-hydroxylation sites is 1. The lowest BCUT2D eigenvalue weighted by Crippen LogP contribution is -2.45. The van der Waals surface area contributed by atoms with Crippen molar-refractivity contribution in [2.75, 3.05) is 11.9 Å². The van der Waals surface area contributed by atoms with Gasteiger partial charge in [-0.2, -0.15) is 0 Å². The van der Waals surface area contributed by atoms with Gasteiger partial charge in [0.1, 0.15) is 5.25 Å². The Hall–Kier alpha value is -1.29. The van der Waals surface area contributed by atoms with Gasteiger partial charge in [-0.1, -0.05) is 31.4 Å². The summed E-state index contributed by atoms with van der Waals surface area (Å²) < 4.78 is 0. The van der Waals surface area contributed by atoms with E-state index < -0.39 is 5.25 Å². The van der Waals surface area contributed by atoms with Gasteiger partial charge in [-0.3, -0.25) is 9.59 Å². The molecule has 4 heteroatoms. The molecule has 3 nitrogen and oxygen atoms in total. The Morgan fingerprint density at radius 3 is 2.55 bits per heavy atom. The number of Topliss-reactive ketones (excluding diaryl/α,β-unsaturated/α-hetero) is 1. The minimum Gasteiger partial charge on any atom is -0.313 e. The maximum Gasteiger partial charge on any atom is 0.247 e. The third-order valence-corrected chi connectivity index (χ3v) is 5.75. The number of thioether (sulfide) groups is 1. The van der Waals surface area contributed by atoms with E-state index in [1.807, 2.05) is 24.3 Å². The summed E-state index contributed by atoms with van der Waals surface area (Å²) in [6, 6.07) is 7.40. The summed E-state index contributed by atoms with van der Waals surface area (Å²) in [7, 11) is 1.77. The lowest BCUT2D eigenvalue weighted by atomic mass is 9.99. The predicted octanol–water partition coefficient (Wildman–Crippen LogP) is 3.28. The van der Waals surface area contributed by atoms with E-state index in [4.69, 9.17) is 0 Å². The molecular formula is C16H19NO2S.